The Morgan fingerprint density at radius 3 is 2.86 bits per heavy atom. The zero-order chi connectivity index (χ0) is 14.4. The lowest BCUT2D eigenvalue weighted by atomic mass is 10.1. The molecule has 0 spiro atoms. The molecule has 0 bridgehead atoms. The molecule has 2 unspecified atom stereocenters. The summed E-state index contributed by atoms with van der Waals surface area (Å²) in [4.78, 5) is 9.18. The summed E-state index contributed by atoms with van der Waals surface area (Å²) in [6, 6.07) is 8.11. The molecule has 2 aromatic rings. The van der Waals surface area contributed by atoms with Crippen molar-refractivity contribution < 1.29 is 5.11 Å². The maximum atomic E-state index is 10.3. The Hall–Kier alpha value is -1.94. The topological polar surface area (TPSA) is 58.0 Å². The fourth-order valence-electron chi connectivity index (χ4n) is 3.07. The van der Waals surface area contributed by atoms with Gasteiger partial charge in [0.1, 0.15) is 5.82 Å². The zero-order valence-electron chi connectivity index (χ0n) is 12.1. The van der Waals surface area contributed by atoms with E-state index in [2.05, 4.69) is 22.4 Å². The van der Waals surface area contributed by atoms with Crippen LogP contribution in [0.2, 0.25) is 0 Å². The fourth-order valence-corrected chi connectivity index (χ4v) is 3.07. The van der Waals surface area contributed by atoms with E-state index >= 15 is 0 Å². The highest BCUT2D eigenvalue weighted by Crippen LogP contribution is 2.40. The minimum absolute atomic E-state index is 0.0938. The molecule has 2 aliphatic rings. The van der Waals surface area contributed by atoms with Crippen LogP contribution in [-0.4, -0.2) is 21.2 Å². The molecular formula is C17H19N3O. The van der Waals surface area contributed by atoms with Gasteiger partial charge in [-0.05, 0) is 30.9 Å². The molecule has 0 saturated heterocycles. The SMILES string of the molecule is Cc1ncc(C2CC2)nc1NC1c2ccccc2CC1O. The summed E-state index contributed by atoms with van der Waals surface area (Å²) in [5, 5.41) is 13.8. The van der Waals surface area contributed by atoms with Crippen molar-refractivity contribution in [1.29, 1.82) is 0 Å². The van der Waals surface area contributed by atoms with E-state index in [9.17, 15) is 5.11 Å². The molecule has 21 heavy (non-hydrogen) atoms. The monoisotopic (exact) mass is 281 g/mol. The van der Waals surface area contributed by atoms with Gasteiger partial charge in [0.2, 0.25) is 0 Å². The van der Waals surface area contributed by atoms with Crippen LogP contribution in [0.15, 0.2) is 30.5 Å². The third kappa shape index (κ3) is 2.29. The average Bonchev–Trinajstić information content (AvgIpc) is 3.27. The van der Waals surface area contributed by atoms with Gasteiger partial charge in [0, 0.05) is 18.5 Å². The molecule has 2 atom stereocenters. The minimum Gasteiger partial charge on any atom is -0.390 e. The molecule has 4 nitrogen and oxygen atoms in total. The van der Waals surface area contributed by atoms with E-state index < -0.39 is 6.10 Å². The number of aromatic nitrogens is 2. The van der Waals surface area contributed by atoms with Crippen molar-refractivity contribution in [3.05, 3.63) is 53.0 Å². The molecular weight excluding hydrogens is 262 g/mol. The number of aliphatic hydroxyl groups excluding tert-OH is 1. The van der Waals surface area contributed by atoms with Crippen LogP contribution in [0, 0.1) is 6.92 Å². The molecule has 0 radical (unpaired) electrons. The van der Waals surface area contributed by atoms with E-state index in [1.165, 1.54) is 24.0 Å². The smallest absolute Gasteiger partial charge is 0.148 e. The van der Waals surface area contributed by atoms with Gasteiger partial charge in [0.25, 0.3) is 0 Å². The maximum absolute atomic E-state index is 10.3. The molecule has 1 fully saturated rings. The first-order valence-corrected chi connectivity index (χ1v) is 7.58. The van der Waals surface area contributed by atoms with E-state index in [-0.39, 0.29) is 6.04 Å². The van der Waals surface area contributed by atoms with E-state index in [0.717, 1.165) is 17.2 Å². The second-order valence-corrected chi connectivity index (χ2v) is 6.10. The Labute approximate surface area is 124 Å². The van der Waals surface area contributed by atoms with Gasteiger partial charge in [-0.15, -0.1) is 0 Å². The molecule has 1 saturated carbocycles. The normalized spacial score (nSPS) is 23.9. The number of hydrogen-bond donors (Lipinski definition) is 2. The third-order valence-corrected chi connectivity index (χ3v) is 4.47. The summed E-state index contributed by atoms with van der Waals surface area (Å²) in [7, 11) is 0. The largest absolute Gasteiger partial charge is 0.390 e. The lowest BCUT2D eigenvalue weighted by Crippen LogP contribution is -2.22. The number of fused-ring (bicyclic) bond motifs is 1. The third-order valence-electron chi connectivity index (χ3n) is 4.47. The van der Waals surface area contributed by atoms with Crippen molar-refractivity contribution in [1.82, 2.24) is 9.97 Å². The van der Waals surface area contributed by atoms with Crippen molar-refractivity contribution >= 4 is 5.82 Å². The van der Waals surface area contributed by atoms with Crippen LogP contribution in [0.4, 0.5) is 5.82 Å². The second kappa shape index (κ2) is 4.81. The van der Waals surface area contributed by atoms with E-state index in [0.29, 0.717) is 12.3 Å². The summed E-state index contributed by atoms with van der Waals surface area (Å²) in [5.74, 6) is 1.39. The second-order valence-electron chi connectivity index (χ2n) is 6.10. The highest BCUT2D eigenvalue weighted by Gasteiger charge is 2.32. The van der Waals surface area contributed by atoms with Gasteiger partial charge in [-0.2, -0.15) is 0 Å². The summed E-state index contributed by atoms with van der Waals surface area (Å²) in [6.45, 7) is 1.96. The highest BCUT2D eigenvalue weighted by atomic mass is 16.3. The summed E-state index contributed by atoms with van der Waals surface area (Å²) in [6.07, 6.45) is 4.60. The molecule has 1 aromatic carbocycles. The van der Waals surface area contributed by atoms with Crippen LogP contribution in [0.25, 0.3) is 0 Å². The van der Waals surface area contributed by atoms with Crippen LogP contribution in [-0.2, 0) is 6.42 Å². The predicted octanol–water partition coefficient (Wildman–Crippen LogP) is 2.73. The fraction of sp³-hybridized carbons (Fsp3) is 0.412. The number of aliphatic hydroxyl groups is 1. The Morgan fingerprint density at radius 1 is 1.24 bits per heavy atom. The van der Waals surface area contributed by atoms with Crippen molar-refractivity contribution in [3.8, 4) is 0 Å². The van der Waals surface area contributed by atoms with Crippen LogP contribution in [0.5, 0.6) is 0 Å². The van der Waals surface area contributed by atoms with Gasteiger partial charge < -0.3 is 10.4 Å². The standard InChI is InChI=1S/C17H19N3O/c1-10-17(19-14(9-18-10)11-6-7-11)20-16-13-5-3-2-4-12(13)8-15(16)21/h2-5,9,11,15-16,21H,6-8H2,1H3,(H,19,20). The van der Waals surface area contributed by atoms with Gasteiger partial charge in [0.15, 0.2) is 0 Å². The molecule has 4 heteroatoms. The van der Waals surface area contributed by atoms with Gasteiger partial charge in [-0.1, -0.05) is 24.3 Å². The number of aryl methyl sites for hydroxylation is 1. The van der Waals surface area contributed by atoms with Gasteiger partial charge in [-0.3, -0.25) is 4.98 Å². The van der Waals surface area contributed by atoms with Gasteiger partial charge in [0.05, 0.1) is 23.5 Å². The number of anilines is 1. The van der Waals surface area contributed by atoms with E-state index in [4.69, 9.17) is 4.98 Å². The average molecular weight is 281 g/mol. The number of nitrogens with one attached hydrogen (secondary N) is 1. The summed E-state index contributed by atoms with van der Waals surface area (Å²) in [5.41, 5.74) is 4.34. The zero-order valence-corrected chi connectivity index (χ0v) is 12.1. The van der Waals surface area contributed by atoms with Crippen LogP contribution >= 0.6 is 0 Å². The van der Waals surface area contributed by atoms with E-state index in [1.807, 2.05) is 25.3 Å². The Kier molecular flexibility index (Phi) is 2.93. The molecule has 2 aliphatic carbocycles. The van der Waals surface area contributed by atoms with Crippen molar-refractivity contribution in [2.24, 2.45) is 0 Å². The molecule has 0 aliphatic heterocycles. The van der Waals surface area contributed by atoms with Gasteiger partial charge >= 0.3 is 0 Å². The van der Waals surface area contributed by atoms with Crippen molar-refractivity contribution in [2.75, 3.05) is 5.32 Å². The number of benzene rings is 1. The first kappa shape index (κ1) is 12.8. The lowest BCUT2D eigenvalue weighted by molar-refractivity contribution is 0.165. The molecule has 0 amide bonds. The van der Waals surface area contributed by atoms with Crippen LogP contribution < -0.4 is 5.32 Å². The van der Waals surface area contributed by atoms with Crippen molar-refractivity contribution in [3.63, 3.8) is 0 Å². The van der Waals surface area contributed by atoms with E-state index in [1.54, 1.807) is 0 Å². The lowest BCUT2D eigenvalue weighted by Gasteiger charge is -2.20. The quantitative estimate of drug-likeness (QED) is 0.908. The number of nitrogens with zero attached hydrogens (tertiary/aromatic N) is 2. The minimum atomic E-state index is -0.409. The van der Waals surface area contributed by atoms with Crippen molar-refractivity contribution in [2.45, 2.75) is 44.2 Å². The molecule has 1 heterocycles. The number of rotatable bonds is 3. The molecule has 2 N–H and O–H groups in total. The molecule has 4 rings (SSSR count). The maximum Gasteiger partial charge on any atom is 0.148 e. The summed E-state index contributed by atoms with van der Waals surface area (Å²) >= 11 is 0. The first-order valence-electron chi connectivity index (χ1n) is 7.58. The van der Waals surface area contributed by atoms with Gasteiger partial charge in [-0.25, -0.2) is 4.98 Å². The van der Waals surface area contributed by atoms with Crippen LogP contribution in [0.1, 0.15) is 47.3 Å². The summed E-state index contributed by atoms with van der Waals surface area (Å²) < 4.78 is 0. The Bertz CT molecular complexity index is 681. The Balaban J connectivity index is 1.65. The molecule has 1 aromatic heterocycles. The van der Waals surface area contributed by atoms with Crippen LogP contribution in [0.3, 0.4) is 0 Å². The number of hydrogen-bond acceptors (Lipinski definition) is 4. The highest BCUT2D eigenvalue weighted by molar-refractivity contribution is 5.47. The predicted molar refractivity (Wildman–Crippen MR) is 81.3 cm³/mol. The molecule has 108 valence electrons. The first-order chi connectivity index (χ1) is 10.2. The Morgan fingerprint density at radius 2 is 2.05 bits per heavy atom.